The molecule has 0 spiro atoms. The first kappa shape index (κ1) is 16.4. The van der Waals surface area contributed by atoms with Gasteiger partial charge in [-0.1, -0.05) is 12.1 Å². The van der Waals surface area contributed by atoms with Crippen molar-refractivity contribution in [3.63, 3.8) is 0 Å². The number of likely N-dealkylation sites (tertiary alicyclic amines) is 1. The highest BCUT2D eigenvalue weighted by atomic mass is 16.2. The van der Waals surface area contributed by atoms with Crippen LogP contribution in [0.15, 0.2) is 48.8 Å². The number of fused-ring (bicyclic) bond motifs is 1. The first-order valence-electron chi connectivity index (χ1n) is 8.90. The molecule has 1 N–H and O–H groups in total. The van der Waals surface area contributed by atoms with Crippen molar-refractivity contribution in [1.29, 1.82) is 0 Å². The van der Waals surface area contributed by atoms with Crippen molar-refractivity contribution in [1.82, 2.24) is 19.9 Å². The highest BCUT2D eigenvalue weighted by Gasteiger charge is 2.21. The molecule has 1 fully saturated rings. The Labute approximate surface area is 152 Å². The van der Waals surface area contributed by atoms with E-state index in [2.05, 4.69) is 10.3 Å². The summed E-state index contributed by atoms with van der Waals surface area (Å²) >= 11 is 0. The minimum Gasteiger partial charge on any atom is -0.367 e. The molecule has 1 saturated heterocycles. The van der Waals surface area contributed by atoms with E-state index in [0.717, 1.165) is 48.2 Å². The molecule has 3 aromatic rings. The molecule has 0 saturated carbocycles. The van der Waals surface area contributed by atoms with Crippen LogP contribution in [0.25, 0.3) is 22.3 Å². The van der Waals surface area contributed by atoms with Gasteiger partial charge < -0.3 is 10.2 Å². The van der Waals surface area contributed by atoms with Crippen LogP contribution in [0.4, 0.5) is 5.82 Å². The van der Waals surface area contributed by atoms with Crippen LogP contribution < -0.4 is 5.32 Å². The summed E-state index contributed by atoms with van der Waals surface area (Å²) in [6, 6.07) is 12.2. The fourth-order valence-electron chi connectivity index (χ4n) is 3.34. The number of rotatable bonds is 3. The second-order valence-electron chi connectivity index (χ2n) is 6.58. The molecule has 0 bridgehead atoms. The minimum atomic E-state index is 0.148. The lowest BCUT2D eigenvalue weighted by molar-refractivity contribution is -0.129. The molecule has 1 amide bonds. The molecule has 2 aromatic heterocycles. The largest absolute Gasteiger partial charge is 0.367 e. The van der Waals surface area contributed by atoms with Crippen LogP contribution in [0, 0.1) is 0 Å². The number of hydrogen-bond acceptors (Lipinski definition) is 5. The van der Waals surface area contributed by atoms with E-state index in [1.165, 1.54) is 0 Å². The summed E-state index contributed by atoms with van der Waals surface area (Å²) in [5.74, 6) is 1.66. The lowest BCUT2D eigenvalue weighted by Crippen LogP contribution is -2.41. The predicted molar refractivity (Wildman–Crippen MR) is 102 cm³/mol. The summed E-state index contributed by atoms with van der Waals surface area (Å²) < 4.78 is 0. The zero-order chi connectivity index (χ0) is 17.9. The van der Waals surface area contributed by atoms with Crippen molar-refractivity contribution in [3.8, 4) is 11.4 Å². The lowest BCUT2D eigenvalue weighted by Gasteiger charge is -2.32. The SMILES string of the molecule is CC(=O)N1CCC(Nc2nc(-c3cccnc3)nc3ccccc23)CC1. The molecule has 0 atom stereocenters. The van der Waals surface area contributed by atoms with Crippen LogP contribution in [-0.2, 0) is 4.79 Å². The summed E-state index contributed by atoms with van der Waals surface area (Å²) in [5, 5.41) is 4.59. The molecule has 0 unspecified atom stereocenters. The molecule has 1 aromatic carbocycles. The number of nitrogens with one attached hydrogen (secondary N) is 1. The van der Waals surface area contributed by atoms with Gasteiger partial charge in [0.15, 0.2) is 5.82 Å². The molecule has 1 aliphatic rings. The fourth-order valence-corrected chi connectivity index (χ4v) is 3.34. The van der Waals surface area contributed by atoms with Gasteiger partial charge in [-0.25, -0.2) is 9.97 Å². The molecule has 0 aliphatic carbocycles. The maximum atomic E-state index is 11.5. The van der Waals surface area contributed by atoms with E-state index >= 15 is 0 Å². The van der Waals surface area contributed by atoms with Gasteiger partial charge in [-0.3, -0.25) is 9.78 Å². The summed E-state index contributed by atoms with van der Waals surface area (Å²) in [6.45, 7) is 3.20. The van der Waals surface area contributed by atoms with E-state index < -0.39 is 0 Å². The standard InChI is InChI=1S/C20H21N5O/c1-14(26)25-11-8-16(9-12-25)22-20-17-6-2-3-7-18(17)23-19(24-20)15-5-4-10-21-13-15/h2-7,10,13,16H,8-9,11-12H2,1H3,(H,22,23,24). The van der Waals surface area contributed by atoms with E-state index in [-0.39, 0.29) is 5.91 Å². The Morgan fingerprint density at radius 2 is 1.92 bits per heavy atom. The first-order chi connectivity index (χ1) is 12.7. The summed E-state index contributed by atoms with van der Waals surface area (Å²) in [7, 11) is 0. The zero-order valence-electron chi connectivity index (χ0n) is 14.7. The Balaban J connectivity index is 1.65. The molecule has 3 heterocycles. The summed E-state index contributed by atoms with van der Waals surface area (Å²) in [6.07, 6.45) is 5.35. The Bertz CT molecular complexity index is 920. The van der Waals surface area contributed by atoms with Crippen molar-refractivity contribution in [2.75, 3.05) is 18.4 Å². The Morgan fingerprint density at radius 3 is 2.65 bits per heavy atom. The number of amides is 1. The van der Waals surface area contributed by atoms with Crippen LogP contribution in [0.5, 0.6) is 0 Å². The van der Waals surface area contributed by atoms with Gasteiger partial charge in [0.25, 0.3) is 0 Å². The number of carbonyl (C=O) groups is 1. The van der Waals surface area contributed by atoms with Crippen molar-refractivity contribution >= 4 is 22.6 Å². The second kappa shape index (κ2) is 7.07. The fraction of sp³-hybridized carbons (Fsp3) is 0.300. The smallest absolute Gasteiger partial charge is 0.219 e. The first-order valence-corrected chi connectivity index (χ1v) is 8.90. The van der Waals surface area contributed by atoms with Gasteiger partial charge in [-0.15, -0.1) is 0 Å². The number of anilines is 1. The third-order valence-corrected chi connectivity index (χ3v) is 4.80. The molecule has 132 valence electrons. The Hall–Kier alpha value is -3.02. The Morgan fingerprint density at radius 1 is 1.12 bits per heavy atom. The van der Waals surface area contributed by atoms with E-state index in [4.69, 9.17) is 9.97 Å². The van der Waals surface area contributed by atoms with Gasteiger partial charge in [-0.2, -0.15) is 0 Å². The maximum Gasteiger partial charge on any atom is 0.219 e. The number of hydrogen-bond donors (Lipinski definition) is 1. The topological polar surface area (TPSA) is 71.0 Å². The number of piperidine rings is 1. The van der Waals surface area contributed by atoms with Crippen molar-refractivity contribution in [2.45, 2.75) is 25.8 Å². The highest BCUT2D eigenvalue weighted by Crippen LogP contribution is 2.26. The van der Waals surface area contributed by atoms with Crippen molar-refractivity contribution in [2.24, 2.45) is 0 Å². The van der Waals surface area contributed by atoms with Gasteiger partial charge in [-0.05, 0) is 37.1 Å². The van der Waals surface area contributed by atoms with Crippen molar-refractivity contribution < 1.29 is 4.79 Å². The molecular formula is C20H21N5O. The Kier molecular flexibility index (Phi) is 4.48. The third kappa shape index (κ3) is 3.35. The highest BCUT2D eigenvalue weighted by molar-refractivity contribution is 5.90. The van der Waals surface area contributed by atoms with Crippen LogP contribution in [0.2, 0.25) is 0 Å². The van der Waals surface area contributed by atoms with Crippen LogP contribution >= 0.6 is 0 Å². The van der Waals surface area contributed by atoms with E-state index in [0.29, 0.717) is 11.9 Å². The number of aromatic nitrogens is 3. The lowest BCUT2D eigenvalue weighted by atomic mass is 10.0. The number of nitrogens with zero attached hydrogens (tertiary/aromatic N) is 4. The monoisotopic (exact) mass is 347 g/mol. The van der Waals surface area contributed by atoms with Gasteiger partial charge in [0.1, 0.15) is 5.82 Å². The van der Waals surface area contributed by atoms with Crippen LogP contribution in [0.1, 0.15) is 19.8 Å². The maximum absolute atomic E-state index is 11.5. The second-order valence-corrected chi connectivity index (χ2v) is 6.58. The van der Waals surface area contributed by atoms with E-state index in [1.54, 1.807) is 19.3 Å². The molecule has 1 aliphatic heterocycles. The molecule has 26 heavy (non-hydrogen) atoms. The minimum absolute atomic E-state index is 0.148. The number of benzene rings is 1. The number of carbonyl (C=O) groups excluding carboxylic acids is 1. The zero-order valence-corrected chi connectivity index (χ0v) is 14.7. The average Bonchev–Trinajstić information content (AvgIpc) is 2.69. The van der Waals surface area contributed by atoms with Gasteiger partial charge in [0.05, 0.1) is 5.52 Å². The molecule has 6 nitrogen and oxygen atoms in total. The van der Waals surface area contributed by atoms with Gasteiger partial charge in [0, 0.05) is 49.4 Å². The molecule has 4 rings (SSSR count). The van der Waals surface area contributed by atoms with E-state index in [1.807, 2.05) is 41.3 Å². The molecular weight excluding hydrogens is 326 g/mol. The van der Waals surface area contributed by atoms with E-state index in [9.17, 15) is 4.79 Å². The van der Waals surface area contributed by atoms with Crippen molar-refractivity contribution in [3.05, 3.63) is 48.8 Å². The quantitative estimate of drug-likeness (QED) is 0.788. The normalized spacial score (nSPS) is 15.2. The van der Waals surface area contributed by atoms with Crippen LogP contribution in [0.3, 0.4) is 0 Å². The van der Waals surface area contributed by atoms with Crippen LogP contribution in [-0.4, -0.2) is 44.9 Å². The molecule has 0 radical (unpaired) electrons. The molecule has 6 heteroatoms. The summed E-state index contributed by atoms with van der Waals surface area (Å²) in [5.41, 5.74) is 1.80. The number of pyridine rings is 1. The summed E-state index contributed by atoms with van der Waals surface area (Å²) in [4.78, 5) is 27.1. The predicted octanol–water partition coefficient (Wildman–Crippen LogP) is 3.11. The number of para-hydroxylation sites is 1. The van der Waals surface area contributed by atoms with Gasteiger partial charge >= 0.3 is 0 Å². The average molecular weight is 347 g/mol. The third-order valence-electron chi connectivity index (χ3n) is 4.80. The van der Waals surface area contributed by atoms with Gasteiger partial charge in [0.2, 0.25) is 5.91 Å².